The molecule has 0 radical (unpaired) electrons. The van der Waals surface area contributed by atoms with Crippen LogP contribution >= 0.6 is 0 Å². The van der Waals surface area contributed by atoms with Crippen molar-refractivity contribution >= 4 is 22.8 Å². The molecular weight excluding hydrogens is 318 g/mol. The molecule has 1 N–H and O–H groups in total. The average Bonchev–Trinajstić information content (AvgIpc) is 3.31. The molecule has 0 unspecified atom stereocenters. The summed E-state index contributed by atoms with van der Waals surface area (Å²) in [6.07, 6.45) is 3.82. The molecule has 1 aromatic heterocycles. The highest BCUT2D eigenvalue weighted by Crippen LogP contribution is 2.45. The van der Waals surface area contributed by atoms with Crippen molar-refractivity contribution < 1.29 is 14.3 Å². The summed E-state index contributed by atoms with van der Waals surface area (Å²) in [5, 5.41) is 8.66. The molecule has 4 rings (SSSR count). The molecule has 1 atom stereocenters. The minimum absolute atomic E-state index is 0.0946. The van der Waals surface area contributed by atoms with Gasteiger partial charge in [-0.2, -0.15) is 5.10 Å². The number of carbonyl (C=O) groups is 2. The molecule has 132 valence electrons. The Labute approximate surface area is 146 Å². The Hall–Kier alpha value is -2.37. The zero-order chi connectivity index (χ0) is 17.4. The van der Waals surface area contributed by atoms with Crippen molar-refractivity contribution in [3.8, 4) is 0 Å². The lowest BCUT2D eigenvalue weighted by Crippen LogP contribution is -2.42. The second-order valence-corrected chi connectivity index (χ2v) is 7.00. The molecule has 2 fully saturated rings. The van der Waals surface area contributed by atoms with Crippen molar-refractivity contribution in [2.24, 2.45) is 5.92 Å². The molecule has 6 heteroatoms. The number of benzene rings is 1. The van der Waals surface area contributed by atoms with Crippen LogP contribution in [-0.4, -0.2) is 27.3 Å². The van der Waals surface area contributed by atoms with Gasteiger partial charge in [-0.3, -0.25) is 14.3 Å². The Morgan fingerprint density at radius 2 is 2.12 bits per heavy atom. The van der Waals surface area contributed by atoms with E-state index in [1.807, 2.05) is 35.9 Å². The average molecular weight is 341 g/mol. The van der Waals surface area contributed by atoms with Gasteiger partial charge in [-0.1, -0.05) is 18.2 Å². The predicted octanol–water partition coefficient (Wildman–Crippen LogP) is 2.55. The maximum Gasteiger partial charge on any atom is 0.307 e. The first-order valence-electron chi connectivity index (χ1n) is 9.07. The Bertz CT molecular complexity index is 820. The summed E-state index contributed by atoms with van der Waals surface area (Å²) in [5.74, 6) is -0.715. The van der Waals surface area contributed by atoms with Crippen LogP contribution in [0.4, 0.5) is 0 Å². The SMILES string of the molecule is CCn1nc(CNC(=O)[C@H]2CC(=O)OC23CCCC3)c2ccccc21. The van der Waals surface area contributed by atoms with Crippen LogP contribution < -0.4 is 5.32 Å². The number of esters is 1. The van der Waals surface area contributed by atoms with Gasteiger partial charge in [0.05, 0.1) is 30.1 Å². The van der Waals surface area contributed by atoms with E-state index < -0.39 is 5.60 Å². The van der Waals surface area contributed by atoms with E-state index in [0.717, 1.165) is 48.8 Å². The van der Waals surface area contributed by atoms with Crippen molar-refractivity contribution in [2.45, 2.75) is 57.7 Å². The van der Waals surface area contributed by atoms with Crippen LogP contribution in [0, 0.1) is 5.92 Å². The third kappa shape index (κ3) is 2.69. The Kier molecular flexibility index (Phi) is 3.98. The lowest BCUT2D eigenvalue weighted by atomic mass is 9.85. The zero-order valence-electron chi connectivity index (χ0n) is 14.5. The highest BCUT2D eigenvalue weighted by Gasteiger charge is 2.53. The molecule has 2 heterocycles. The molecule has 1 spiro atoms. The summed E-state index contributed by atoms with van der Waals surface area (Å²) in [7, 11) is 0. The van der Waals surface area contributed by atoms with E-state index in [9.17, 15) is 9.59 Å². The number of ether oxygens (including phenoxy) is 1. The summed E-state index contributed by atoms with van der Waals surface area (Å²) in [4.78, 5) is 24.6. The summed E-state index contributed by atoms with van der Waals surface area (Å²) in [6, 6.07) is 8.03. The number of amides is 1. The van der Waals surface area contributed by atoms with Crippen LogP contribution in [0.1, 0.15) is 44.7 Å². The molecule has 1 aliphatic heterocycles. The van der Waals surface area contributed by atoms with E-state index in [-0.39, 0.29) is 24.2 Å². The van der Waals surface area contributed by atoms with Gasteiger partial charge in [0, 0.05) is 11.9 Å². The van der Waals surface area contributed by atoms with Crippen molar-refractivity contribution in [2.75, 3.05) is 0 Å². The van der Waals surface area contributed by atoms with Crippen molar-refractivity contribution in [1.29, 1.82) is 0 Å². The quantitative estimate of drug-likeness (QED) is 0.868. The maximum absolute atomic E-state index is 12.8. The van der Waals surface area contributed by atoms with E-state index in [1.54, 1.807) is 0 Å². The third-order valence-electron chi connectivity index (χ3n) is 5.55. The highest BCUT2D eigenvalue weighted by molar-refractivity contribution is 5.88. The zero-order valence-corrected chi connectivity index (χ0v) is 14.5. The van der Waals surface area contributed by atoms with Gasteiger partial charge in [0.25, 0.3) is 0 Å². The highest BCUT2D eigenvalue weighted by atomic mass is 16.6. The summed E-state index contributed by atoms with van der Waals surface area (Å²) < 4.78 is 7.51. The van der Waals surface area contributed by atoms with Crippen LogP contribution in [0.2, 0.25) is 0 Å². The van der Waals surface area contributed by atoms with Gasteiger partial charge >= 0.3 is 5.97 Å². The van der Waals surface area contributed by atoms with Crippen LogP contribution in [0.25, 0.3) is 10.9 Å². The van der Waals surface area contributed by atoms with E-state index in [4.69, 9.17) is 4.74 Å². The topological polar surface area (TPSA) is 73.2 Å². The van der Waals surface area contributed by atoms with Crippen molar-refractivity contribution in [1.82, 2.24) is 15.1 Å². The second kappa shape index (κ2) is 6.17. The van der Waals surface area contributed by atoms with E-state index in [0.29, 0.717) is 6.54 Å². The molecular formula is C19H23N3O3. The number of rotatable bonds is 4. The van der Waals surface area contributed by atoms with Gasteiger partial charge in [0.1, 0.15) is 5.60 Å². The summed E-state index contributed by atoms with van der Waals surface area (Å²) in [5.41, 5.74) is 1.36. The molecule has 6 nitrogen and oxygen atoms in total. The molecule has 1 amide bonds. The third-order valence-corrected chi connectivity index (χ3v) is 5.55. The standard InChI is InChI=1S/C19H23N3O3/c1-2-22-16-8-4-3-7-13(16)15(21-22)12-20-18(24)14-11-17(23)25-19(14)9-5-6-10-19/h3-4,7-8,14H,2,5-6,9-12H2,1H3,(H,20,24)/t14-/m1/s1. The van der Waals surface area contributed by atoms with Crippen LogP contribution in [0.3, 0.4) is 0 Å². The number of fused-ring (bicyclic) bond motifs is 1. The maximum atomic E-state index is 12.8. The monoisotopic (exact) mass is 341 g/mol. The number of nitrogens with zero attached hydrogens (tertiary/aromatic N) is 2. The molecule has 1 aliphatic carbocycles. The number of aryl methyl sites for hydroxylation is 1. The van der Waals surface area contributed by atoms with Gasteiger partial charge in [0.15, 0.2) is 0 Å². The molecule has 25 heavy (non-hydrogen) atoms. The first-order valence-corrected chi connectivity index (χ1v) is 9.07. The normalized spacial score (nSPS) is 21.8. The first kappa shape index (κ1) is 16.1. The van der Waals surface area contributed by atoms with Crippen molar-refractivity contribution in [3.63, 3.8) is 0 Å². The summed E-state index contributed by atoms with van der Waals surface area (Å²) >= 11 is 0. The minimum atomic E-state index is -0.563. The van der Waals surface area contributed by atoms with Crippen LogP contribution in [-0.2, 0) is 27.4 Å². The minimum Gasteiger partial charge on any atom is -0.458 e. The van der Waals surface area contributed by atoms with Gasteiger partial charge < -0.3 is 10.1 Å². The van der Waals surface area contributed by atoms with E-state index in [2.05, 4.69) is 10.4 Å². The molecule has 2 aliphatic rings. The number of hydrogen-bond donors (Lipinski definition) is 1. The van der Waals surface area contributed by atoms with Crippen LogP contribution in [0.5, 0.6) is 0 Å². The lowest BCUT2D eigenvalue weighted by Gasteiger charge is -2.27. The molecule has 0 bridgehead atoms. The fourth-order valence-corrected chi connectivity index (χ4v) is 4.31. The summed E-state index contributed by atoms with van der Waals surface area (Å²) in [6.45, 7) is 3.20. The number of para-hydroxylation sites is 1. The lowest BCUT2D eigenvalue weighted by molar-refractivity contribution is -0.149. The fraction of sp³-hybridized carbons (Fsp3) is 0.526. The van der Waals surface area contributed by atoms with Crippen LogP contribution in [0.15, 0.2) is 24.3 Å². The Balaban J connectivity index is 1.52. The molecule has 1 aromatic carbocycles. The van der Waals surface area contributed by atoms with Gasteiger partial charge in [0.2, 0.25) is 5.91 Å². The van der Waals surface area contributed by atoms with E-state index >= 15 is 0 Å². The van der Waals surface area contributed by atoms with Gasteiger partial charge in [-0.25, -0.2) is 0 Å². The number of carbonyl (C=O) groups excluding carboxylic acids is 2. The van der Waals surface area contributed by atoms with E-state index in [1.165, 1.54) is 0 Å². The second-order valence-electron chi connectivity index (χ2n) is 7.00. The van der Waals surface area contributed by atoms with Crippen molar-refractivity contribution in [3.05, 3.63) is 30.0 Å². The Morgan fingerprint density at radius 1 is 1.36 bits per heavy atom. The number of nitrogens with one attached hydrogen (secondary N) is 1. The van der Waals surface area contributed by atoms with Gasteiger partial charge in [-0.05, 0) is 38.7 Å². The first-order chi connectivity index (χ1) is 12.1. The predicted molar refractivity (Wildman–Crippen MR) is 92.7 cm³/mol. The molecule has 1 saturated heterocycles. The molecule has 1 saturated carbocycles. The number of aromatic nitrogens is 2. The Morgan fingerprint density at radius 3 is 2.88 bits per heavy atom. The smallest absolute Gasteiger partial charge is 0.307 e. The fourth-order valence-electron chi connectivity index (χ4n) is 4.31. The van der Waals surface area contributed by atoms with Gasteiger partial charge in [-0.15, -0.1) is 0 Å². The molecule has 2 aromatic rings. The largest absolute Gasteiger partial charge is 0.458 e. The number of hydrogen-bond acceptors (Lipinski definition) is 4.